The molecular weight excluding hydrogens is 286 g/mol. The van der Waals surface area contributed by atoms with E-state index in [1.165, 1.54) is 4.90 Å². The number of hydrogen-bond acceptors (Lipinski definition) is 4. The van der Waals surface area contributed by atoms with E-state index in [-0.39, 0.29) is 10.9 Å². The van der Waals surface area contributed by atoms with Gasteiger partial charge in [-0.25, -0.2) is 9.69 Å². The van der Waals surface area contributed by atoms with E-state index in [9.17, 15) is 9.59 Å². The van der Waals surface area contributed by atoms with Gasteiger partial charge in [-0.3, -0.25) is 4.79 Å². The summed E-state index contributed by atoms with van der Waals surface area (Å²) in [6.07, 6.45) is -0.544. The highest BCUT2D eigenvalue weighted by Gasteiger charge is 2.45. The van der Waals surface area contributed by atoms with Crippen LogP contribution in [-0.4, -0.2) is 43.5 Å². The predicted molar refractivity (Wildman–Crippen MR) is 84.6 cm³/mol. The average molecular weight is 315 g/mol. The van der Waals surface area contributed by atoms with Crippen molar-refractivity contribution >= 4 is 20.3 Å². The summed E-state index contributed by atoms with van der Waals surface area (Å²) < 4.78 is 11.4. The van der Waals surface area contributed by atoms with Crippen molar-refractivity contribution in [3.63, 3.8) is 0 Å². The zero-order chi connectivity index (χ0) is 16.6. The first-order valence-corrected chi connectivity index (χ1v) is 10.4. The molecule has 1 unspecified atom stereocenters. The van der Waals surface area contributed by atoms with Crippen molar-refractivity contribution in [1.82, 2.24) is 4.90 Å². The molecule has 2 amide bonds. The van der Waals surface area contributed by atoms with Crippen molar-refractivity contribution in [2.24, 2.45) is 0 Å². The standard InChI is InChI=1S/C15H29NO4Si/c1-14(2,3)19-13(18)16-10-9-11(12(16)17)20-21(7,8)15(4,5)6/h11H,9-10H2,1-8H3. The Morgan fingerprint density at radius 1 is 1.19 bits per heavy atom. The summed E-state index contributed by atoms with van der Waals surface area (Å²) in [5.74, 6) is -0.269. The fourth-order valence-electron chi connectivity index (χ4n) is 1.79. The van der Waals surface area contributed by atoms with E-state index in [0.29, 0.717) is 13.0 Å². The number of carbonyl (C=O) groups is 2. The molecule has 1 atom stereocenters. The van der Waals surface area contributed by atoms with Crippen LogP contribution < -0.4 is 0 Å². The number of likely N-dealkylation sites (tertiary alicyclic amines) is 1. The van der Waals surface area contributed by atoms with Crippen LogP contribution in [0.5, 0.6) is 0 Å². The third-order valence-corrected chi connectivity index (χ3v) is 8.50. The Labute approximate surface area is 129 Å². The van der Waals surface area contributed by atoms with E-state index in [1.54, 1.807) is 20.8 Å². The zero-order valence-electron chi connectivity index (χ0n) is 14.6. The summed E-state index contributed by atoms with van der Waals surface area (Å²) in [5.41, 5.74) is -0.601. The molecule has 0 radical (unpaired) electrons. The molecule has 5 nitrogen and oxygen atoms in total. The molecule has 0 N–H and O–H groups in total. The molecule has 1 saturated heterocycles. The van der Waals surface area contributed by atoms with Crippen LogP contribution in [0, 0.1) is 0 Å². The second kappa shape index (κ2) is 5.72. The van der Waals surface area contributed by atoms with Gasteiger partial charge < -0.3 is 9.16 Å². The largest absolute Gasteiger partial charge is 0.443 e. The maximum absolute atomic E-state index is 12.4. The molecule has 1 rings (SSSR count). The number of carbonyl (C=O) groups excluding carboxylic acids is 2. The quantitative estimate of drug-likeness (QED) is 0.731. The SMILES string of the molecule is CC(C)(C)OC(=O)N1CCC(O[Si](C)(C)C(C)(C)C)C1=O. The number of hydrogen-bond donors (Lipinski definition) is 0. The first kappa shape index (κ1) is 18.2. The van der Waals surface area contributed by atoms with Gasteiger partial charge in [0.25, 0.3) is 5.91 Å². The summed E-state index contributed by atoms with van der Waals surface area (Å²) in [7, 11) is -2.02. The minimum absolute atomic E-state index is 0.0343. The minimum atomic E-state index is -2.02. The predicted octanol–water partition coefficient (Wildman–Crippen LogP) is 3.54. The highest BCUT2D eigenvalue weighted by molar-refractivity contribution is 6.74. The fourth-order valence-corrected chi connectivity index (χ4v) is 3.08. The minimum Gasteiger partial charge on any atom is -0.443 e. The van der Waals surface area contributed by atoms with E-state index in [0.717, 1.165) is 0 Å². The molecule has 21 heavy (non-hydrogen) atoms. The number of amides is 2. The van der Waals surface area contributed by atoms with Gasteiger partial charge in [0, 0.05) is 6.54 Å². The van der Waals surface area contributed by atoms with E-state index in [4.69, 9.17) is 9.16 Å². The Hall–Kier alpha value is -0.883. The number of imide groups is 1. The maximum Gasteiger partial charge on any atom is 0.417 e. The van der Waals surface area contributed by atoms with E-state index < -0.39 is 26.1 Å². The molecule has 1 fully saturated rings. The second-order valence-corrected chi connectivity index (χ2v) is 12.9. The molecule has 0 aromatic rings. The van der Waals surface area contributed by atoms with Gasteiger partial charge >= 0.3 is 6.09 Å². The molecule has 0 saturated carbocycles. The maximum atomic E-state index is 12.4. The first-order valence-electron chi connectivity index (χ1n) is 7.47. The Bertz CT molecular complexity index is 420. The molecule has 0 aliphatic carbocycles. The van der Waals surface area contributed by atoms with E-state index in [2.05, 4.69) is 33.9 Å². The Balaban J connectivity index is 2.72. The molecule has 6 heteroatoms. The lowest BCUT2D eigenvalue weighted by Gasteiger charge is -2.37. The van der Waals surface area contributed by atoms with Crippen molar-refractivity contribution in [2.75, 3.05) is 6.54 Å². The van der Waals surface area contributed by atoms with Gasteiger partial charge in [-0.15, -0.1) is 0 Å². The molecule has 0 aromatic heterocycles. The molecule has 1 aliphatic rings. The van der Waals surface area contributed by atoms with Crippen LogP contribution >= 0.6 is 0 Å². The van der Waals surface area contributed by atoms with Gasteiger partial charge in [-0.2, -0.15) is 0 Å². The van der Waals surface area contributed by atoms with Crippen LogP contribution in [-0.2, 0) is 14.0 Å². The lowest BCUT2D eigenvalue weighted by Crippen LogP contribution is -2.47. The first-order chi connectivity index (χ1) is 9.24. The topological polar surface area (TPSA) is 55.8 Å². The Morgan fingerprint density at radius 2 is 1.71 bits per heavy atom. The van der Waals surface area contributed by atoms with Gasteiger partial charge in [0.1, 0.15) is 11.7 Å². The van der Waals surface area contributed by atoms with Crippen LogP contribution in [0.15, 0.2) is 0 Å². The van der Waals surface area contributed by atoms with Crippen molar-refractivity contribution in [1.29, 1.82) is 0 Å². The van der Waals surface area contributed by atoms with Crippen LogP contribution in [0.25, 0.3) is 0 Å². The number of rotatable bonds is 2. The fraction of sp³-hybridized carbons (Fsp3) is 0.867. The zero-order valence-corrected chi connectivity index (χ0v) is 15.6. The summed E-state index contributed by atoms with van der Waals surface area (Å²) in [4.78, 5) is 25.5. The van der Waals surface area contributed by atoms with Crippen LogP contribution in [0.4, 0.5) is 4.79 Å². The molecule has 1 heterocycles. The Morgan fingerprint density at radius 3 is 2.14 bits per heavy atom. The molecule has 0 spiro atoms. The van der Waals surface area contributed by atoms with Crippen LogP contribution in [0.1, 0.15) is 48.0 Å². The summed E-state index contributed by atoms with van der Waals surface area (Å²) >= 11 is 0. The molecular formula is C15H29NO4Si. The van der Waals surface area contributed by atoms with Crippen molar-refractivity contribution in [3.8, 4) is 0 Å². The van der Waals surface area contributed by atoms with E-state index >= 15 is 0 Å². The van der Waals surface area contributed by atoms with Gasteiger partial charge in [0.2, 0.25) is 0 Å². The van der Waals surface area contributed by atoms with Gasteiger partial charge in [0.05, 0.1) is 0 Å². The highest BCUT2D eigenvalue weighted by Crippen LogP contribution is 2.38. The third-order valence-electron chi connectivity index (χ3n) is 4.01. The summed E-state index contributed by atoms with van der Waals surface area (Å²) in [5, 5.41) is 0.0343. The Kier molecular flexibility index (Phi) is 4.95. The normalized spacial score (nSPS) is 20.9. The summed E-state index contributed by atoms with van der Waals surface area (Å²) in [6.45, 7) is 16.3. The lowest BCUT2D eigenvalue weighted by molar-refractivity contribution is -0.133. The van der Waals surface area contributed by atoms with E-state index in [1.807, 2.05) is 0 Å². The molecule has 0 aromatic carbocycles. The average Bonchev–Trinajstić information content (AvgIpc) is 2.55. The van der Waals surface area contributed by atoms with Crippen molar-refractivity contribution < 1.29 is 18.8 Å². The van der Waals surface area contributed by atoms with Crippen LogP contribution in [0.3, 0.4) is 0 Å². The molecule has 1 aliphatic heterocycles. The summed E-state index contributed by atoms with van der Waals surface area (Å²) in [6, 6.07) is 0. The molecule has 122 valence electrons. The van der Waals surface area contributed by atoms with Crippen molar-refractivity contribution in [3.05, 3.63) is 0 Å². The number of nitrogens with zero attached hydrogens (tertiary/aromatic N) is 1. The lowest BCUT2D eigenvalue weighted by atomic mass is 10.2. The molecule has 0 bridgehead atoms. The highest BCUT2D eigenvalue weighted by atomic mass is 28.4. The van der Waals surface area contributed by atoms with Gasteiger partial charge in [-0.05, 0) is 45.3 Å². The van der Waals surface area contributed by atoms with Crippen LogP contribution in [0.2, 0.25) is 18.1 Å². The van der Waals surface area contributed by atoms with Gasteiger partial charge in [-0.1, -0.05) is 20.8 Å². The monoisotopic (exact) mass is 315 g/mol. The van der Waals surface area contributed by atoms with Gasteiger partial charge in [0.15, 0.2) is 8.32 Å². The number of ether oxygens (including phenoxy) is 1. The third kappa shape index (κ3) is 4.54. The smallest absolute Gasteiger partial charge is 0.417 e. The van der Waals surface area contributed by atoms with Crippen molar-refractivity contribution in [2.45, 2.75) is 77.8 Å². The second-order valence-electron chi connectivity index (χ2n) is 8.13.